The summed E-state index contributed by atoms with van der Waals surface area (Å²) >= 11 is 6.37. The second-order valence-electron chi connectivity index (χ2n) is 10.4. The Balaban J connectivity index is 1.72. The van der Waals surface area contributed by atoms with Crippen molar-refractivity contribution in [3.8, 4) is 11.1 Å². The Bertz CT molecular complexity index is 1450. The molecule has 3 N–H and O–H groups in total. The smallest absolute Gasteiger partial charge is 0.424 e. The third-order valence-electron chi connectivity index (χ3n) is 6.32. The van der Waals surface area contributed by atoms with E-state index in [1.54, 1.807) is 26.8 Å². The molecule has 12 heteroatoms. The molecule has 0 spiro atoms. The molecule has 1 fully saturated rings. The van der Waals surface area contributed by atoms with Gasteiger partial charge >= 0.3 is 18.2 Å². The minimum atomic E-state index is -1.58. The Morgan fingerprint density at radius 3 is 2.46 bits per heavy atom. The number of hydrogen-bond acceptors (Lipinski definition) is 6. The van der Waals surface area contributed by atoms with E-state index in [-0.39, 0.29) is 45.3 Å². The van der Waals surface area contributed by atoms with Gasteiger partial charge in [0.15, 0.2) is 0 Å². The zero-order valence-electron chi connectivity index (χ0n) is 22.0. The summed E-state index contributed by atoms with van der Waals surface area (Å²) in [5.41, 5.74) is -0.535. The quantitative estimate of drug-likeness (QED) is 0.318. The van der Waals surface area contributed by atoms with Crippen LogP contribution in [0.4, 0.5) is 30.3 Å². The van der Waals surface area contributed by atoms with Gasteiger partial charge < -0.3 is 15.2 Å². The highest BCUT2D eigenvalue weighted by Gasteiger charge is 2.31. The molecule has 1 aliphatic rings. The monoisotopic (exact) mass is 557 g/mol. The summed E-state index contributed by atoms with van der Waals surface area (Å²) in [6.45, 7) is 6.36. The van der Waals surface area contributed by atoms with Gasteiger partial charge in [0.1, 0.15) is 17.2 Å². The van der Waals surface area contributed by atoms with Crippen LogP contribution in [0.15, 0.2) is 30.7 Å². The van der Waals surface area contributed by atoms with Gasteiger partial charge in [0.25, 0.3) is 0 Å². The number of pyridine rings is 2. The highest BCUT2D eigenvalue weighted by molar-refractivity contribution is 6.36. The number of imide groups is 1. The number of anilines is 2. The number of carboxylic acid groups (broad SMARTS) is 1. The second-order valence-corrected chi connectivity index (χ2v) is 10.7. The molecule has 4 amide bonds. The van der Waals surface area contributed by atoms with E-state index in [2.05, 4.69) is 20.6 Å². The molecular formula is C27H29ClFN5O5. The summed E-state index contributed by atoms with van der Waals surface area (Å²) in [5.74, 6) is -0.524. The Morgan fingerprint density at radius 2 is 1.82 bits per heavy atom. The number of aromatic nitrogens is 2. The largest absolute Gasteiger partial charge is 0.464 e. The molecule has 2 heterocycles. The van der Waals surface area contributed by atoms with E-state index in [4.69, 9.17) is 16.3 Å². The highest BCUT2D eigenvalue weighted by Crippen LogP contribution is 2.38. The fourth-order valence-electron chi connectivity index (χ4n) is 4.50. The van der Waals surface area contributed by atoms with Crippen LogP contribution in [0.1, 0.15) is 52.0 Å². The van der Waals surface area contributed by atoms with Crippen molar-refractivity contribution in [1.82, 2.24) is 15.3 Å². The topological polar surface area (TPSA) is 134 Å². The molecule has 0 unspecified atom stereocenters. The Morgan fingerprint density at radius 1 is 1.13 bits per heavy atom. The van der Waals surface area contributed by atoms with Crippen LogP contribution >= 0.6 is 11.6 Å². The first-order valence-electron chi connectivity index (χ1n) is 12.4. The van der Waals surface area contributed by atoms with Crippen LogP contribution in [0.3, 0.4) is 0 Å². The van der Waals surface area contributed by atoms with Crippen molar-refractivity contribution >= 4 is 52.1 Å². The van der Waals surface area contributed by atoms with E-state index >= 15 is 4.39 Å². The molecule has 0 aliphatic heterocycles. The van der Waals surface area contributed by atoms with Crippen molar-refractivity contribution < 1.29 is 28.6 Å². The number of nitrogens with one attached hydrogen (secondary N) is 2. The Labute approximate surface area is 229 Å². The number of carbonyl (C=O) groups excluding carboxylic acids is 2. The van der Waals surface area contributed by atoms with Crippen LogP contribution in [0.5, 0.6) is 0 Å². The molecule has 10 nitrogen and oxygen atoms in total. The van der Waals surface area contributed by atoms with E-state index in [9.17, 15) is 19.5 Å². The first-order valence-corrected chi connectivity index (χ1v) is 12.8. The molecule has 1 aliphatic carbocycles. The van der Waals surface area contributed by atoms with Gasteiger partial charge in [-0.15, -0.1) is 0 Å². The van der Waals surface area contributed by atoms with Gasteiger partial charge in [-0.25, -0.2) is 23.8 Å². The van der Waals surface area contributed by atoms with Gasteiger partial charge in [-0.3, -0.25) is 10.3 Å². The van der Waals surface area contributed by atoms with Gasteiger partial charge in [0.05, 0.1) is 16.9 Å². The maximum absolute atomic E-state index is 15.5. The summed E-state index contributed by atoms with van der Waals surface area (Å²) in [5, 5.41) is 16.0. The number of rotatable bonds is 4. The lowest BCUT2D eigenvalue weighted by atomic mass is 9.98. The maximum Gasteiger partial charge on any atom is 0.424 e. The van der Waals surface area contributed by atoms with E-state index in [1.807, 2.05) is 0 Å². The van der Waals surface area contributed by atoms with Gasteiger partial charge in [-0.2, -0.15) is 4.90 Å². The molecule has 39 heavy (non-hydrogen) atoms. The van der Waals surface area contributed by atoms with Gasteiger partial charge in [-0.1, -0.05) is 24.4 Å². The van der Waals surface area contributed by atoms with E-state index in [1.165, 1.54) is 31.6 Å². The lowest BCUT2D eigenvalue weighted by molar-refractivity contribution is 0.0581. The fraction of sp³-hybridized carbons (Fsp3) is 0.370. The van der Waals surface area contributed by atoms with Crippen LogP contribution in [0, 0.1) is 12.7 Å². The van der Waals surface area contributed by atoms with Crippen LogP contribution < -0.4 is 15.5 Å². The predicted octanol–water partition coefficient (Wildman–Crippen LogP) is 6.88. The van der Waals surface area contributed by atoms with Crippen molar-refractivity contribution in [3.63, 3.8) is 0 Å². The van der Waals surface area contributed by atoms with E-state index < -0.39 is 23.6 Å². The molecule has 0 radical (unpaired) electrons. The summed E-state index contributed by atoms with van der Waals surface area (Å²) in [7, 11) is 0. The highest BCUT2D eigenvalue weighted by atomic mass is 35.5. The van der Waals surface area contributed by atoms with Crippen molar-refractivity contribution in [2.75, 3.05) is 10.2 Å². The molecule has 0 bridgehead atoms. The Kier molecular flexibility index (Phi) is 7.91. The van der Waals surface area contributed by atoms with Gasteiger partial charge in [0, 0.05) is 34.9 Å². The SMILES string of the molecule is Cc1c(-c2cc3cc(NC(=O)NC4CCCC4)ncc3c(Cl)c2F)cncc1N(C(=O)O)C(=O)OC(C)(C)C. The predicted molar refractivity (Wildman–Crippen MR) is 146 cm³/mol. The minimum absolute atomic E-state index is 0.0291. The number of halogens is 2. The standard InChI is InChI=1S/C27H29ClFN5O5/c1-14-18(11-30-13-20(14)34(25(36)37)26(38)39-27(2,3)4)17-9-15-10-21(31-12-19(15)22(28)23(17)29)33-24(35)32-16-7-5-6-8-16/h9-13,16H,5-8H2,1-4H3,(H,36,37)(H2,31,32,33,35). The fourth-order valence-corrected chi connectivity index (χ4v) is 4.76. The first-order chi connectivity index (χ1) is 18.4. The zero-order chi connectivity index (χ0) is 28.5. The lowest BCUT2D eigenvalue weighted by Crippen LogP contribution is -2.40. The second kappa shape index (κ2) is 11.0. The summed E-state index contributed by atoms with van der Waals surface area (Å²) in [6.07, 6.45) is 5.20. The normalized spacial score (nSPS) is 13.8. The van der Waals surface area contributed by atoms with Gasteiger partial charge in [-0.05, 0) is 63.6 Å². The van der Waals surface area contributed by atoms with Crippen molar-refractivity contribution in [1.29, 1.82) is 0 Å². The van der Waals surface area contributed by atoms with Crippen LogP contribution in [0.25, 0.3) is 21.9 Å². The van der Waals surface area contributed by atoms with E-state index in [0.29, 0.717) is 15.7 Å². The number of hydrogen-bond donors (Lipinski definition) is 3. The number of urea groups is 1. The molecule has 206 valence electrons. The average Bonchev–Trinajstić information content (AvgIpc) is 3.34. The number of nitrogens with zero attached hydrogens (tertiary/aromatic N) is 3. The third kappa shape index (κ3) is 6.19. The van der Waals surface area contributed by atoms with Crippen LogP contribution in [-0.2, 0) is 4.74 Å². The van der Waals surface area contributed by atoms with Crippen molar-refractivity contribution in [2.24, 2.45) is 0 Å². The molecule has 4 rings (SSSR count). The summed E-state index contributed by atoms with van der Waals surface area (Å²) in [6, 6.07) is 2.81. The summed E-state index contributed by atoms with van der Waals surface area (Å²) < 4.78 is 20.8. The molecule has 0 atom stereocenters. The number of amides is 4. The third-order valence-corrected chi connectivity index (χ3v) is 6.69. The van der Waals surface area contributed by atoms with Gasteiger partial charge in [0.2, 0.25) is 0 Å². The van der Waals surface area contributed by atoms with Crippen molar-refractivity contribution in [2.45, 2.75) is 65.0 Å². The number of benzene rings is 1. The molecular weight excluding hydrogens is 529 g/mol. The van der Waals surface area contributed by atoms with Crippen molar-refractivity contribution in [3.05, 3.63) is 47.1 Å². The first kappa shape index (κ1) is 28.0. The summed E-state index contributed by atoms with van der Waals surface area (Å²) in [4.78, 5) is 45.8. The molecule has 0 saturated heterocycles. The molecule has 3 aromatic rings. The Hall–Kier alpha value is -3.99. The number of carbonyl (C=O) groups is 3. The molecule has 2 aromatic heterocycles. The zero-order valence-corrected chi connectivity index (χ0v) is 22.7. The molecule has 1 saturated carbocycles. The minimum Gasteiger partial charge on any atom is -0.464 e. The van der Waals surface area contributed by atoms with Crippen LogP contribution in [0.2, 0.25) is 5.02 Å². The average molecular weight is 558 g/mol. The molecule has 1 aromatic carbocycles. The number of fused-ring (bicyclic) bond motifs is 1. The lowest BCUT2D eigenvalue weighted by Gasteiger charge is -2.25. The van der Waals surface area contributed by atoms with E-state index in [0.717, 1.165) is 25.7 Å². The maximum atomic E-state index is 15.5. The number of ether oxygens (including phenoxy) is 1. The van der Waals surface area contributed by atoms with Crippen LogP contribution in [-0.4, -0.2) is 44.9 Å².